The SMILES string of the molecule is OOC1(O)Cc2c(O)cc(O)cc2OC1(O)c1ccc(O)c(O)c1. The van der Waals surface area contributed by atoms with E-state index < -0.39 is 35.2 Å². The lowest BCUT2D eigenvalue weighted by Gasteiger charge is -2.44. The van der Waals surface area contributed by atoms with Crippen LogP contribution in [0.15, 0.2) is 30.3 Å². The maximum atomic E-state index is 10.8. The summed E-state index contributed by atoms with van der Waals surface area (Å²) in [6.45, 7) is 0. The molecule has 1 aliphatic rings. The monoisotopic (exact) mass is 338 g/mol. The van der Waals surface area contributed by atoms with E-state index in [0.717, 1.165) is 30.3 Å². The van der Waals surface area contributed by atoms with Gasteiger partial charge in [0, 0.05) is 29.7 Å². The fourth-order valence-corrected chi connectivity index (χ4v) is 2.60. The number of aliphatic hydroxyl groups is 2. The molecule has 2 aromatic carbocycles. The van der Waals surface area contributed by atoms with Crippen molar-refractivity contribution in [3.8, 4) is 28.7 Å². The van der Waals surface area contributed by atoms with E-state index in [0.29, 0.717) is 0 Å². The van der Waals surface area contributed by atoms with Gasteiger partial charge in [0.05, 0.1) is 0 Å². The Kier molecular flexibility index (Phi) is 3.46. The molecule has 3 rings (SSSR count). The number of benzene rings is 2. The normalized spacial score (nSPS) is 25.8. The second kappa shape index (κ2) is 5.14. The first kappa shape index (κ1) is 16.1. The van der Waals surface area contributed by atoms with Gasteiger partial charge in [-0.15, -0.1) is 0 Å². The minimum atomic E-state index is -2.75. The van der Waals surface area contributed by atoms with Crippen molar-refractivity contribution in [3.05, 3.63) is 41.5 Å². The third kappa shape index (κ3) is 2.19. The van der Waals surface area contributed by atoms with Crippen molar-refractivity contribution in [1.29, 1.82) is 0 Å². The van der Waals surface area contributed by atoms with E-state index >= 15 is 0 Å². The number of rotatable bonds is 2. The van der Waals surface area contributed by atoms with E-state index in [1.807, 2.05) is 0 Å². The molecule has 2 atom stereocenters. The number of aromatic hydroxyl groups is 4. The second-order valence-electron chi connectivity index (χ2n) is 5.44. The van der Waals surface area contributed by atoms with Gasteiger partial charge in [-0.2, -0.15) is 4.89 Å². The van der Waals surface area contributed by atoms with Crippen LogP contribution in [-0.2, 0) is 17.1 Å². The third-order valence-corrected chi connectivity index (χ3v) is 3.89. The number of phenols is 4. The zero-order valence-corrected chi connectivity index (χ0v) is 12.0. The van der Waals surface area contributed by atoms with Crippen molar-refractivity contribution in [2.45, 2.75) is 18.0 Å². The third-order valence-electron chi connectivity index (χ3n) is 3.89. The minimum absolute atomic E-state index is 0.0305. The van der Waals surface area contributed by atoms with Crippen LogP contribution in [0.2, 0.25) is 0 Å². The molecule has 0 saturated carbocycles. The van der Waals surface area contributed by atoms with E-state index in [1.54, 1.807) is 0 Å². The molecule has 9 heteroatoms. The fourth-order valence-electron chi connectivity index (χ4n) is 2.60. The van der Waals surface area contributed by atoms with Gasteiger partial charge < -0.3 is 35.4 Å². The maximum Gasteiger partial charge on any atom is 0.293 e. The van der Waals surface area contributed by atoms with Gasteiger partial charge >= 0.3 is 0 Å². The largest absolute Gasteiger partial charge is 0.508 e. The Morgan fingerprint density at radius 1 is 0.917 bits per heavy atom. The molecule has 0 aromatic heterocycles. The van der Waals surface area contributed by atoms with Crippen molar-refractivity contribution in [2.24, 2.45) is 0 Å². The highest BCUT2D eigenvalue weighted by Gasteiger charge is 2.59. The summed E-state index contributed by atoms with van der Waals surface area (Å²) in [5.41, 5.74) is -0.292. The standard InChI is InChI=1S/C15H14O9/c16-8-4-11(18)9-6-14(20,24-22)15(21,23-13(9)5-8)7-1-2-10(17)12(19)3-7/h1-5,16-22H,6H2. The first-order valence-electron chi connectivity index (χ1n) is 6.74. The molecule has 0 saturated heterocycles. The summed E-state index contributed by atoms with van der Waals surface area (Å²) in [6.07, 6.45) is -0.608. The zero-order chi connectivity index (χ0) is 17.7. The van der Waals surface area contributed by atoms with Crippen LogP contribution in [0.5, 0.6) is 28.7 Å². The first-order valence-corrected chi connectivity index (χ1v) is 6.74. The van der Waals surface area contributed by atoms with E-state index in [1.165, 1.54) is 0 Å². The second-order valence-corrected chi connectivity index (χ2v) is 5.44. The molecule has 7 N–H and O–H groups in total. The molecule has 0 spiro atoms. The highest BCUT2D eigenvalue weighted by atomic mass is 17.1. The van der Waals surface area contributed by atoms with Crippen molar-refractivity contribution < 1.29 is 45.5 Å². The molecular formula is C15H14O9. The number of hydrogen-bond donors (Lipinski definition) is 7. The Bertz CT molecular complexity index is 806. The van der Waals surface area contributed by atoms with Crippen molar-refractivity contribution >= 4 is 0 Å². The van der Waals surface area contributed by atoms with Gasteiger partial charge in [-0.05, 0) is 18.2 Å². The molecule has 0 bridgehead atoms. The van der Waals surface area contributed by atoms with Crippen LogP contribution in [0, 0.1) is 0 Å². The summed E-state index contributed by atoms with van der Waals surface area (Å²) >= 11 is 0. The van der Waals surface area contributed by atoms with Crippen LogP contribution < -0.4 is 4.74 Å². The van der Waals surface area contributed by atoms with Gasteiger partial charge in [0.1, 0.15) is 17.2 Å². The van der Waals surface area contributed by atoms with E-state index in [9.17, 15) is 30.6 Å². The van der Waals surface area contributed by atoms with Gasteiger partial charge in [0.25, 0.3) is 11.6 Å². The topological polar surface area (TPSA) is 160 Å². The quantitative estimate of drug-likeness (QED) is 0.179. The fraction of sp³-hybridized carbons (Fsp3) is 0.200. The smallest absolute Gasteiger partial charge is 0.293 e. The number of fused-ring (bicyclic) bond motifs is 1. The number of ether oxygens (including phenoxy) is 1. The summed E-state index contributed by atoms with van der Waals surface area (Å²) in [6, 6.07) is 5.10. The van der Waals surface area contributed by atoms with E-state index in [4.69, 9.17) is 9.99 Å². The lowest BCUT2D eigenvalue weighted by atomic mass is 9.87. The van der Waals surface area contributed by atoms with Gasteiger partial charge in [-0.1, -0.05) is 0 Å². The van der Waals surface area contributed by atoms with Gasteiger partial charge in [0.15, 0.2) is 11.5 Å². The lowest BCUT2D eigenvalue weighted by Crippen LogP contribution is -2.60. The predicted molar refractivity (Wildman–Crippen MR) is 76.4 cm³/mol. The maximum absolute atomic E-state index is 10.8. The van der Waals surface area contributed by atoms with Gasteiger partial charge in [-0.25, -0.2) is 5.26 Å². The van der Waals surface area contributed by atoms with E-state index in [-0.39, 0.29) is 22.6 Å². The number of phenolic OH excluding ortho intramolecular Hbond substituents is 4. The molecule has 0 aliphatic carbocycles. The molecule has 0 amide bonds. The minimum Gasteiger partial charge on any atom is -0.508 e. The Labute approximate surface area is 134 Å². The molecule has 9 nitrogen and oxygen atoms in total. The summed E-state index contributed by atoms with van der Waals surface area (Å²) in [5, 5.41) is 68.7. The van der Waals surface area contributed by atoms with Gasteiger partial charge in [-0.3, -0.25) is 0 Å². The van der Waals surface area contributed by atoms with Crippen LogP contribution in [-0.4, -0.2) is 41.7 Å². The van der Waals surface area contributed by atoms with Crippen LogP contribution in [0.25, 0.3) is 0 Å². The Balaban J connectivity index is 2.19. The van der Waals surface area contributed by atoms with Crippen LogP contribution >= 0.6 is 0 Å². The molecule has 0 radical (unpaired) electrons. The Morgan fingerprint density at radius 2 is 1.62 bits per heavy atom. The summed E-state index contributed by atoms with van der Waals surface area (Å²) in [7, 11) is 0. The highest BCUT2D eigenvalue weighted by molar-refractivity contribution is 5.53. The van der Waals surface area contributed by atoms with Crippen LogP contribution in [0.4, 0.5) is 0 Å². The molecule has 1 heterocycles. The van der Waals surface area contributed by atoms with Crippen LogP contribution in [0.3, 0.4) is 0 Å². The molecule has 2 unspecified atom stereocenters. The van der Waals surface area contributed by atoms with Gasteiger partial charge in [0.2, 0.25) is 0 Å². The lowest BCUT2D eigenvalue weighted by molar-refractivity contribution is -0.474. The molecule has 24 heavy (non-hydrogen) atoms. The predicted octanol–water partition coefficient (Wildman–Crippen LogP) is 0.467. The Morgan fingerprint density at radius 3 is 2.25 bits per heavy atom. The van der Waals surface area contributed by atoms with Crippen molar-refractivity contribution in [2.75, 3.05) is 0 Å². The molecule has 2 aromatic rings. The number of hydrogen-bond acceptors (Lipinski definition) is 9. The van der Waals surface area contributed by atoms with Crippen molar-refractivity contribution in [3.63, 3.8) is 0 Å². The van der Waals surface area contributed by atoms with Crippen molar-refractivity contribution in [1.82, 2.24) is 0 Å². The van der Waals surface area contributed by atoms with Crippen LogP contribution in [0.1, 0.15) is 11.1 Å². The van der Waals surface area contributed by atoms with E-state index in [2.05, 4.69) is 4.89 Å². The summed E-state index contributed by atoms with van der Waals surface area (Å²) in [5.74, 6) is -7.56. The molecule has 0 fully saturated rings. The zero-order valence-electron chi connectivity index (χ0n) is 12.0. The average Bonchev–Trinajstić information content (AvgIpc) is 2.52. The first-order chi connectivity index (χ1) is 11.2. The summed E-state index contributed by atoms with van der Waals surface area (Å²) in [4.78, 5) is 4.02. The average molecular weight is 338 g/mol. The highest BCUT2D eigenvalue weighted by Crippen LogP contribution is 2.49. The molecule has 128 valence electrons. The summed E-state index contributed by atoms with van der Waals surface area (Å²) < 4.78 is 5.28. The molecular weight excluding hydrogens is 324 g/mol. The molecule has 1 aliphatic heterocycles. The Hall–Kier alpha value is -2.72.